The molecule has 0 fully saturated rings. The van der Waals surface area contributed by atoms with E-state index in [1.807, 2.05) is 10.8 Å². The number of amides is 2. The highest BCUT2D eigenvalue weighted by Crippen LogP contribution is 2.24. The molecule has 0 spiro atoms. The molecule has 2 heterocycles. The van der Waals surface area contributed by atoms with E-state index in [4.69, 9.17) is 5.21 Å². The summed E-state index contributed by atoms with van der Waals surface area (Å²) in [5.41, 5.74) is 1.66. The van der Waals surface area contributed by atoms with Gasteiger partial charge < -0.3 is 14.8 Å². The lowest BCUT2D eigenvalue weighted by Crippen LogP contribution is -2.26. The van der Waals surface area contributed by atoms with Gasteiger partial charge in [0.15, 0.2) is 5.13 Å². The molecule has 0 aromatic carbocycles. The van der Waals surface area contributed by atoms with Crippen molar-refractivity contribution in [1.29, 1.82) is 0 Å². The topological polar surface area (TPSA) is 112 Å². The van der Waals surface area contributed by atoms with E-state index < -0.39 is 0 Å². The lowest BCUT2D eigenvalue weighted by Gasteiger charge is -2.22. The minimum atomic E-state index is -0.350. The Morgan fingerprint density at radius 3 is 2.77 bits per heavy atom. The Bertz CT molecular complexity index is 778. The molecule has 0 aliphatic heterocycles. The number of anilines is 1. The first kappa shape index (κ1) is 24.8. The van der Waals surface area contributed by atoms with E-state index >= 15 is 0 Å². The summed E-state index contributed by atoms with van der Waals surface area (Å²) in [6.45, 7) is 7.51. The monoisotopic (exact) mass is 450 g/mol. The second kappa shape index (κ2) is 13.8. The van der Waals surface area contributed by atoms with Crippen LogP contribution in [-0.2, 0) is 11.3 Å². The summed E-state index contributed by atoms with van der Waals surface area (Å²) in [6.07, 6.45) is 11.8. The van der Waals surface area contributed by atoms with Crippen molar-refractivity contribution >= 4 is 28.3 Å². The maximum Gasteiger partial charge on any atom is 0.263 e. The van der Waals surface area contributed by atoms with Crippen LogP contribution in [0.15, 0.2) is 24.9 Å². The predicted molar refractivity (Wildman–Crippen MR) is 121 cm³/mol. The van der Waals surface area contributed by atoms with Gasteiger partial charge in [-0.2, -0.15) is 0 Å². The number of carbonyl (C=O) groups is 2. The van der Waals surface area contributed by atoms with Crippen molar-refractivity contribution < 1.29 is 14.8 Å². The molecule has 0 atom stereocenters. The van der Waals surface area contributed by atoms with Crippen LogP contribution < -0.4 is 15.7 Å². The number of thiazole rings is 1. The molecule has 2 rings (SSSR count). The number of aromatic nitrogens is 3. The van der Waals surface area contributed by atoms with Crippen LogP contribution in [0.5, 0.6) is 0 Å². The van der Waals surface area contributed by atoms with Crippen LogP contribution >= 0.6 is 11.3 Å². The summed E-state index contributed by atoms with van der Waals surface area (Å²) in [5, 5.41) is 12.4. The van der Waals surface area contributed by atoms with Gasteiger partial charge in [0, 0.05) is 45.0 Å². The van der Waals surface area contributed by atoms with E-state index in [0.29, 0.717) is 23.8 Å². The number of hydroxylamine groups is 1. The van der Waals surface area contributed by atoms with Gasteiger partial charge in [-0.05, 0) is 31.6 Å². The molecule has 3 N–H and O–H groups in total. The van der Waals surface area contributed by atoms with Crippen LogP contribution in [0, 0.1) is 5.92 Å². The number of aryl methyl sites for hydroxylation is 1. The molecule has 31 heavy (non-hydrogen) atoms. The van der Waals surface area contributed by atoms with Gasteiger partial charge in [-0.15, -0.1) is 0 Å². The lowest BCUT2D eigenvalue weighted by molar-refractivity contribution is -0.129. The SMILES string of the molecule is CC(C)CCN(CCCCCC(=O)NO)c1ncc(C(=O)NCCCn2ccnc2)s1. The molecule has 0 unspecified atom stereocenters. The molecule has 0 radical (unpaired) electrons. The van der Waals surface area contributed by atoms with E-state index in [1.54, 1.807) is 24.2 Å². The van der Waals surface area contributed by atoms with E-state index in [0.717, 1.165) is 56.9 Å². The normalized spacial score (nSPS) is 11.0. The highest BCUT2D eigenvalue weighted by molar-refractivity contribution is 7.17. The zero-order valence-corrected chi connectivity index (χ0v) is 19.2. The van der Waals surface area contributed by atoms with Gasteiger partial charge in [0.05, 0.1) is 12.5 Å². The molecule has 172 valence electrons. The first-order valence-electron chi connectivity index (χ1n) is 10.9. The average Bonchev–Trinajstić information content (AvgIpc) is 3.45. The number of nitrogens with zero attached hydrogens (tertiary/aromatic N) is 4. The minimum Gasteiger partial charge on any atom is -0.351 e. The Kier molecular flexibility index (Phi) is 11.0. The highest BCUT2D eigenvalue weighted by atomic mass is 32.1. The van der Waals surface area contributed by atoms with Gasteiger partial charge in [0.2, 0.25) is 5.91 Å². The molecule has 2 aromatic rings. The van der Waals surface area contributed by atoms with Gasteiger partial charge in [-0.25, -0.2) is 15.4 Å². The fourth-order valence-corrected chi connectivity index (χ4v) is 3.91. The van der Waals surface area contributed by atoms with Crippen LogP contribution in [0.1, 0.15) is 62.0 Å². The number of unbranched alkanes of at least 4 members (excludes halogenated alkanes) is 2. The first-order valence-corrected chi connectivity index (χ1v) is 11.7. The zero-order chi connectivity index (χ0) is 22.5. The smallest absolute Gasteiger partial charge is 0.263 e. The summed E-state index contributed by atoms with van der Waals surface area (Å²) in [4.78, 5) is 34.9. The van der Waals surface area contributed by atoms with Crippen LogP contribution in [-0.4, -0.2) is 51.2 Å². The fourth-order valence-electron chi connectivity index (χ4n) is 3.02. The Morgan fingerprint density at radius 1 is 1.23 bits per heavy atom. The summed E-state index contributed by atoms with van der Waals surface area (Å²) in [5.74, 6) is 0.138. The summed E-state index contributed by atoms with van der Waals surface area (Å²) in [6, 6.07) is 0. The second-order valence-corrected chi connectivity index (χ2v) is 8.94. The second-order valence-electron chi connectivity index (χ2n) is 7.93. The van der Waals surface area contributed by atoms with Crippen molar-refractivity contribution in [2.45, 2.75) is 58.9 Å². The number of hydrogen-bond donors (Lipinski definition) is 3. The molecular formula is C21H34N6O3S. The number of nitrogens with one attached hydrogen (secondary N) is 2. The maximum absolute atomic E-state index is 12.5. The number of imidazole rings is 1. The summed E-state index contributed by atoms with van der Waals surface area (Å²) < 4.78 is 1.99. The van der Waals surface area contributed by atoms with E-state index in [-0.39, 0.29) is 11.8 Å². The Labute approximate surface area is 187 Å². The third-order valence-electron chi connectivity index (χ3n) is 4.86. The van der Waals surface area contributed by atoms with E-state index in [9.17, 15) is 9.59 Å². The Morgan fingerprint density at radius 2 is 2.06 bits per heavy atom. The lowest BCUT2D eigenvalue weighted by atomic mass is 10.1. The van der Waals surface area contributed by atoms with Gasteiger partial charge in [-0.1, -0.05) is 31.6 Å². The largest absolute Gasteiger partial charge is 0.351 e. The van der Waals surface area contributed by atoms with E-state index in [2.05, 4.69) is 34.0 Å². The summed E-state index contributed by atoms with van der Waals surface area (Å²) in [7, 11) is 0. The quantitative estimate of drug-likeness (QED) is 0.218. The number of carbonyl (C=O) groups excluding carboxylic acids is 2. The van der Waals surface area contributed by atoms with Crippen molar-refractivity contribution in [3.8, 4) is 0 Å². The van der Waals surface area contributed by atoms with Gasteiger partial charge in [-0.3, -0.25) is 14.8 Å². The molecule has 0 saturated carbocycles. The summed E-state index contributed by atoms with van der Waals surface area (Å²) >= 11 is 1.42. The Hall–Kier alpha value is -2.46. The van der Waals surface area contributed by atoms with Crippen LogP contribution in [0.25, 0.3) is 0 Å². The third kappa shape index (κ3) is 9.48. The van der Waals surface area contributed by atoms with Crippen molar-refractivity contribution in [3.05, 3.63) is 29.8 Å². The number of rotatable bonds is 15. The standard InChI is InChI=1S/C21H34N6O3S/c1-17(2)8-13-27(12-5-3-4-7-19(28)25-30)21-24-15-18(31-21)20(29)23-9-6-11-26-14-10-22-16-26/h10,14-17,30H,3-9,11-13H2,1-2H3,(H,23,29)(H,25,28). The van der Waals surface area contributed by atoms with Gasteiger partial charge >= 0.3 is 0 Å². The van der Waals surface area contributed by atoms with Gasteiger partial charge in [0.1, 0.15) is 4.88 Å². The number of hydrogen-bond acceptors (Lipinski definition) is 7. The molecule has 9 nitrogen and oxygen atoms in total. The van der Waals surface area contributed by atoms with Crippen molar-refractivity contribution in [3.63, 3.8) is 0 Å². The average molecular weight is 451 g/mol. The Balaban J connectivity index is 1.81. The molecule has 2 aromatic heterocycles. The fraction of sp³-hybridized carbons (Fsp3) is 0.619. The van der Waals surface area contributed by atoms with Crippen LogP contribution in [0.3, 0.4) is 0 Å². The zero-order valence-electron chi connectivity index (χ0n) is 18.4. The van der Waals surface area contributed by atoms with Crippen molar-refractivity contribution in [2.24, 2.45) is 5.92 Å². The first-order chi connectivity index (χ1) is 15.0. The van der Waals surface area contributed by atoms with Crippen LogP contribution in [0.2, 0.25) is 0 Å². The maximum atomic E-state index is 12.5. The van der Waals surface area contributed by atoms with E-state index in [1.165, 1.54) is 11.3 Å². The molecular weight excluding hydrogens is 416 g/mol. The molecule has 2 amide bonds. The predicted octanol–water partition coefficient (Wildman–Crippen LogP) is 3.08. The van der Waals surface area contributed by atoms with Crippen molar-refractivity contribution in [2.75, 3.05) is 24.5 Å². The molecule has 10 heteroatoms. The molecule has 0 aliphatic carbocycles. The highest BCUT2D eigenvalue weighted by Gasteiger charge is 2.15. The third-order valence-corrected chi connectivity index (χ3v) is 5.92. The molecule has 0 aliphatic rings. The molecule has 0 saturated heterocycles. The van der Waals surface area contributed by atoms with Crippen molar-refractivity contribution in [1.82, 2.24) is 25.3 Å². The minimum absolute atomic E-state index is 0.0896. The van der Waals surface area contributed by atoms with Crippen LogP contribution in [0.4, 0.5) is 5.13 Å². The van der Waals surface area contributed by atoms with Gasteiger partial charge in [0.25, 0.3) is 5.91 Å². The molecule has 0 bridgehead atoms.